The molecule has 0 heterocycles. The van der Waals surface area contributed by atoms with Crippen LogP contribution in [0.1, 0.15) is 115 Å². The van der Waals surface area contributed by atoms with Crippen LogP contribution < -0.4 is 0 Å². The minimum atomic E-state index is -0.186. The van der Waals surface area contributed by atoms with E-state index < -0.39 is 0 Å². The first kappa shape index (κ1) is 31.2. The Morgan fingerprint density at radius 2 is 1.52 bits per heavy atom. The predicted molar refractivity (Wildman–Crippen MR) is 181 cm³/mol. The lowest BCUT2D eigenvalue weighted by Gasteiger charge is -2.60. The van der Waals surface area contributed by atoms with Crippen molar-refractivity contribution in [1.29, 1.82) is 0 Å². The molecule has 4 aliphatic carbocycles. The Balaban J connectivity index is 1.29. The number of hydrogen-bond donors (Lipinski definition) is 0. The van der Waals surface area contributed by atoms with Gasteiger partial charge in [0.05, 0.1) is 5.56 Å². The minimum Gasteiger partial charge on any atom is -0.459 e. The van der Waals surface area contributed by atoms with Crippen molar-refractivity contribution in [3.05, 3.63) is 83.4 Å². The lowest BCUT2D eigenvalue weighted by molar-refractivity contribution is -0.0869. The second-order valence-corrected chi connectivity index (χ2v) is 15.8. The van der Waals surface area contributed by atoms with Crippen molar-refractivity contribution in [3.63, 3.8) is 0 Å². The molecule has 0 bridgehead atoms. The molecule has 0 spiro atoms. The van der Waals surface area contributed by atoms with E-state index in [9.17, 15) is 4.79 Å². The normalized spacial score (nSPS) is 34.9. The molecule has 2 aromatic rings. The highest BCUT2D eigenvalue weighted by molar-refractivity contribution is 5.89. The average Bonchev–Trinajstić information content (AvgIpc) is 3.38. The molecule has 2 nitrogen and oxygen atoms in total. The molecule has 44 heavy (non-hydrogen) atoms. The number of esters is 1. The van der Waals surface area contributed by atoms with Gasteiger partial charge < -0.3 is 4.74 Å². The molecule has 2 heteroatoms. The predicted octanol–water partition coefficient (Wildman–Crippen LogP) is 10.5. The lowest BCUT2D eigenvalue weighted by Crippen LogP contribution is -2.54. The maximum Gasteiger partial charge on any atom is 0.338 e. The molecule has 4 aliphatic rings. The van der Waals surface area contributed by atoms with Gasteiger partial charge in [0.2, 0.25) is 0 Å². The first-order valence-electron chi connectivity index (χ1n) is 17.7. The molecule has 2 aromatic carbocycles. The second kappa shape index (κ2) is 12.9. The highest BCUT2D eigenvalue weighted by atomic mass is 16.5. The molecule has 6 rings (SSSR count). The fourth-order valence-electron chi connectivity index (χ4n) is 10.4. The number of ether oxygens (including phenoxy) is 1. The maximum absolute atomic E-state index is 13.0. The van der Waals surface area contributed by atoms with Gasteiger partial charge in [-0.05, 0) is 121 Å². The molecule has 0 amide bonds. The van der Waals surface area contributed by atoms with E-state index in [-0.39, 0.29) is 17.5 Å². The van der Waals surface area contributed by atoms with Crippen molar-refractivity contribution in [3.8, 4) is 11.8 Å². The molecule has 9 atom stereocenters. The molecule has 0 saturated heterocycles. The van der Waals surface area contributed by atoms with Crippen molar-refractivity contribution in [2.45, 2.75) is 105 Å². The molecule has 0 aliphatic heterocycles. The Kier molecular flexibility index (Phi) is 9.15. The summed E-state index contributed by atoms with van der Waals surface area (Å²) in [7, 11) is 0. The third-order valence-electron chi connectivity index (χ3n) is 12.8. The number of fused-ring (bicyclic) bond motifs is 5. The molecule has 0 radical (unpaired) electrons. The van der Waals surface area contributed by atoms with Crippen LogP contribution in [0.25, 0.3) is 0 Å². The molecule has 3 saturated carbocycles. The van der Waals surface area contributed by atoms with Gasteiger partial charge in [-0.3, -0.25) is 0 Å². The molecule has 3 fully saturated rings. The third-order valence-corrected chi connectivity index (χ3v) is 12.8. The van der Waals surface area contributed by atoms with Crippen molar-refractivity contribution >= 4 is 5.97 Å². The fourth-order valence-corrected chi connectivity index (χ4v) is 10.4. The Hall–Kier alpha value is -2.79. The summed E-state index contributed by atoms with van der Waals surface area (Å²) >= 11 is 0. The number of rotatable bonds is 7. The molecule has 0 unspecified atom stereocenters. The molecule has 0 aromatic heterocycles. The number of carbonyl (C=O) groups excluding carboxylic acids is 1. The van der Waals surface area contributed by atoms with Crippen LogP contribution in [0.15, 0.2) is 72.3 Å². The first-order valence-corrected chi connectivity index (χ1v) is 17.7. The van der Waals surface area contributed by atoms with Crippen molar-refractivity contribution < 1.29 is 9.53 Å². The first-order chi connectivity index (χ1) is 21.2. The van der Waals surface area contributed by atoms with Crippen LogP contribution in [0.3, 0.4) is 0 Å². The van der Waals surface area contributed by atoms with E-state index in [4.69, 9.17) is 4.74 Å². The zero-order valence-electron chi connectivity index (χ0n) is 27.9. The molecule has 0 N–H and O–H groups in total. The Morgan fingerprint density at radius 3 is 2.25 bits per heavy atom. The van der Waals surface area contributed by atoms with E-state index in [0.29, 0.717) is 34.7 Å². The Labute approximate surface area is 267 Å². The van der Waals surface area contributed by atoms with Gasteiger partial charge in [0.15, 0.2) is 0 Å². The maximum atomic E-state index is 13.0. The largest absolute Gasteiger partial charge is 0.459 e. The zero-order valence-corrected chi connectivity index (χ0v) is 27.9. The lowest BCUT2D eigenvalue weighted by atomic mass is 9.44. The molecular formula is C42H54O2. The van der Waals surface area contributed by atoms with Crippen LogP contribution in [-0.4, -0.2) is 12.1 Å². The van der Waals surface area contributed by atoms with Gasteiger partial charge in [-0.1, -0.05) is 108 Å². The van der Waals surface area contributed by atoms with Crippen LogP contribution in [0.2, 0.25) is 0 Å². The number of benzene rings is 2. The van der Waals surface area contributed by atoms with Crippen molar-refractivity contribution in [2.75, 3.05) is 0 Å². The smallest absolute Gasteiger partial charge is 0.338 e. The minimum absolute atomic E-state index is 0.0340. The van der Waals surface area contributed by atoms with Crippen LogP contribution in [-0.2, 0) is 4.74 Å². The number of hydrogen-bond acceptors (Lipinski definition) is 2. The number of allylic oxidation sites excluding steroid dienone is 2. The van der Waals surface area contributed by atoms with Crippen LogP contribution >= 0.6 is 0 Å². The molecular weight excluding hydrogens is 536 g/mol. The Bertz CT molecular complexity index is 1380. The summed E-state index contributed by atoms with van der Waals surface area (Å²) < 4.78 is 6.14. The molecule has 234 valence electrons. The Morgan fingerprint density at radius 1 is 0.841 bits per heavy atom. The summed E-state index contributed by atoms with van der Waals surface area (Å²) in [6, 6.07) is 20.0. The van der Waals surface area contributed by atoms with Gasteiger partial charge in [-0.2, -0.15) is 0 Å². The van der Waals surface area contributed by atoms with E-state index >= 15 is 0 Å². The van der Waals surface area contributed by atoms with E-state index in [0.717, 1.165) is 42.6 Å². The van der Waals surface area contributed by atoms with E-state index in [2.05, 4.69) is 82.9 Å². The van der Waals surface area contributed by atoms with E-state index in [1.165, 1.54) is 50.5 Å². The fraction of sp³-hybridized carbons (Fsp3) is 0.595. The summed E-state index contributed by atoms with van der Waals surface area (Å²) in [5, 5.41) is 0. The topological polar surface area (TPSA) is 26.3 Å². The van der Waals surface area contributed by atoms with Gasteiger partial charge in [-0.15, -0.1) is 0 Å². The SMILES string of the molecule is CC(C)CCC[C@@H](C)[C@@H]1CC[C@@H]2[C@H]3C(C#Cc4ccccc4)=C[C@@H]4C[C@@H](OC(=O)c5ccccc5)CC[C@]4(C)[C@H]3CC[C@@]21C. The van der Waals surface area contributed by atoms with Gasteiger partial charge >= 0.3 is 5.97 Å². The average molecular weight is 591 g/mol. The van der Waals surface area contributed by atoms with Crippen LogP contribution in [0, 0.1) is 64.1 Å². The monoisotopic (exact) mass is 590 g/mol. The summed E-state index contributed by atoms with van der Waals surface area (Å²) in [6.07, 6.45) is 15.0. The van der Waals surface area contributed by atoms with Gasteiger partial charge in [0.25, 0.3) is 0 Å². The van der Waals surface area contributed by atoms with Gasteiger partial charge in [0.1, 0.15) is 6.10 Å². The third kappa shape index (κ3) is 6.06. The van der Waals surface area contributed by atoms with E-state index in [1.54, 1.807) is 0 Å². The van der Waals surface area contributed by atoms with Crippen LogP contribution in [0.4, 0.5) is 0 Å². The highest BCUT2D eigenvalue weighted by Crippen LogP contribution is 2.68. The standard InChI is InChI=1S/C42H54O2/c1-29(2)13-12-14-30(3)36-21-22-37-39-33(20-19-31-15-8-6-9-16-31)27-34-28-35(44-40(43)32-17-10-7-11-18-32)23-25-41(34,4)38(39)24-26-42(36,37)5/h6-11,15-18,27,29-30,34-39H,12-14,21-26,28H2,1-5H3/t30-,34-,35+,36+,37-,38+,39-,41+,42-/m1/s1. The summed E-state index contributed by atoms with van der Waals surface area (Å²) in [6.45, 7) is 12.5. The quantitative estimate of drug-likeness (QED) is 0.237. The zero-order chi connectivity index (χ0) is 30.9. The summed E-state index contributed by atoms with van der Waals surface area (Å²) in [4.78, 5) is 13.0. The number of carbonyl (C=O) groups is 1. The van der Waals surface area contributed by atoms with Crippen molar-refractivity contribution in [2.24, 2.45) is 52.3 Å². The van der Waals surface area contributed by atoms with Crippen molar-refractivity contribution in [1.82, 2.24) is 0 Å². The highest BCUT2D eigenvalue weighted by Gasteiger charge is 2.61. The second-order valence-electron chi connectivity index (χ2n) is 15.8. The summed E-state index contributed by atoms with van der Waals surface area (Å²) in [5.74, 6) is 11.9. The van der Waals surface area contributed by atoms with E-state index in [1.807, 2.05) is 30.3 Å². The summed E-state index contributed by atoms with van der Waals surface area (Å²) in [5.41, 5.74) is 3.77. The van der Waals surface area contributed by atoms with Crippen LogP contribution in [0.5, 0.6) is 0 Å². The van der Waals surface area contributed by atoms with Gasteiger partial charge in [0, 0.05) is 11.1 Å². The van der Waals surface area contributed by atoms with Gasteiger partial charge in [-0.25, -0.2) is 4.79 Å².